The molecule has 0 amide bonds. The number of nitrogens with zero attached hydrogens (tertiary/aromatic N) is 1. The lowest BCUT2D eigenvalue weighted by Gasteiger charge is -2.03. The number of imidazole rings is 1. The molecule has 3 rings (SSSR count). The van der Waals surface area contributed by atoms with Crippen LogP contribution in [0, 0.1) is 0 Å². The molecule has 0 bridgehead atoms. The predicted octanol–water partition coefficient (Wildman–Crippen LogP) is 2.93. The summed E-state index contributed by atoms with van der Waals surface area (Å²) in [5.41, 5.74) is 1.97. The number of fused-ring (bicyclic) bond motifs is 1. The smallest absolute Gasteiger partial charge is 0.231 e. The summed E-state index contributed by atoms with van der Waals surface area (Å²) in [6.45, 7) is 4.51. The maximum atomic E-state index is 5.48. The molecule has 17 heavy (non-hydrogen) atoms. The normalized spacial score (nSPS) is 13.4. The Morgan fingerprint density at radius 3 is 2.94 bits per heavy atom. The van der Waals surface area contributed by atoms with Gasteiger partial charge in [0.15, 0.2) is 11.5 Å². The summed E-state index contributed by atoms with van der Waals surface area (Å²) in [4.78, 5) is 7.68. The van der Waals surface area contributed by atoms with Gasteiger partial charge in [-0.25, -0.2) is 4.98 Å². The van der Waals surface area contributed by atoms with Crippen molar-refractivity contribution >= 4 is 0 Å². The molecule has 88 valence electrons. The number of H-pyrrole nitrogens is 1. The number of ether oxygens (including phenoxy) is 2. The molecule has 2 heterocycles. The third kappa shape index (κ3) is 1.65. The van der Waals surface area contributed by atoms with E-state index in [0.29, 0.717) is 5.92 Å². The van der Waals surface area contributed by atoms with Gasteiger partial charge in [-0.1, -0.05) is 19.9 Å². The molecule has 0 spiro atoms. The van der Waals surface area contributed by atoms with E-state index in [1.807, 2.05) is 24.4 Å². The minimum atomic E-state index is 0.289. The van der Waals surface area contributed by atoms with Crippen LogP contribution >= 0.6 is 0 Å². The van der Waals surface area contributed by atoms with Gasteiger partial charge < -0.3 is 14.5 Å². The molecule has 1 aromatic heterocycles. The highest BCUT2D eigenvalue weighted by atomic mass is 16.7. The van der Waals surface area contributed by atoms with Crippen LogP contribution in [0.1, 0.15) is 25.6 Å². The quantitative estimate of drug-likeness (QED) is 0.862. The first-order chi connectivity index (χ1) is 8.25. The van der Waals surface area contributed by atoms with Gasteiger partial charge in [0.2, 0.25) is 6.79 Å². The second-order valence-corrected chi connectivity index (χ2v) is 4.38. The molecule has 4 nitrogen and oxygen atoms in total. The molecule has 0 atom stereocenters. The third-order valence-electron chi connectivity index (χ3n) is 2.83. The fourth-order valence-corrected chi connectivity index (χ4v) is 1.91. The van der Waals surface area contributed by atoms with Gasteiger partial charge in [-0.15, -0.1) is 0 Å². The molecule has 1 aliphatic heterocycles. The number of rotatable bonds is 2. The first kappa shape index (κ1) is 10.2. The summed E-state index contributed by atoms with van der Waals surface area (Å²) in [6, 6.07) is 5.87. The Morgan fingerprint density at radius 2 is 2.18 bits per heavy atom. The maximum absolute atomic E-state index is 5.48. The van der Waals surface area contributed by atoms with E-state index in [-0.39, 0.29) is 6.79 Å². The van der Waals surface area contributed by atoms with Crippen molar-refractivity contribution in [2.24, 2.45) is 0 Å². The molecular formula is C13H14N2O2. The number of aromatic amines is 1. The average Bonchev–Trinajstić information content (AvgIpc) is 2.97. The third-order valence-corrected chi connectivity index (χ3v) is 2.83. The highest BCUT2D eigenvalue weighted by molar-refractivity contribution is 5.71. The Hall–Kier alpha value is -1.97. The second-order valence-electron chi connectivity index (χ2n) is 4.38. The van der Waals surface area contributed by atoms with Gasteiger partial charge in [0.25, 0.3) is 0 Å². The van der Waals surface area contributed by atoms with Crippen LogP contribution in [-0.4, -0.2) is 16.8 Å². The minimum Gasteiger partial charge on any atom is -0.454 e. The van der Waals surface area contributed by atoms with Crippen LogP contribution in [0.15, 0.2) is 24.4 Å². The lowest BCUT2D eigenvalue weighted by atomic mass is 10.1. The van der Waals surface area contributed by atoms with Gasteiger partial charge in [0.05, 0.1) is 11.9 Å². The van der Waals surface area contributed by atoms with Crippen LogP contribution in [0.5, 0.6) is 11.5 Å². The zero-order valence-electron chi connectivity index (χ0n) is 9.86. The zero-order chi connectivity index (χ0) is 11.8. The highest BCUT2D eigenvalue weighted by Gasteiger charge is 2.19. The zero-order valence-corrected chi connectivity index (χ0v) is 9.86. The molecular weight excluding hydrogens is 216 g/mol. The Morgan fingerprint density at radius 1 is 1.29 bits per heavy atom. The van der Waals surface area contributed by atoms with E-state index in [0.717, 1.165) is 28.6 Å². The highest BCUT2D eigenvalue weighted by Crippen LogP contribution is 2.40. The molecule has 0 saturated heterocycles. The van der Waals surface area contributed by atoms with Gasteiger partial charge in [-0.3, -0.25) is 0 Å². The topological polar surface area (TPSA) is 47.1 Å². The van der Waals surface area contributed by atoms with Crippen LogP contribution in [-0.2, 0) is 0 Å². The van der Waals surface area contributed by atoms with E-state index in [1.165, 1.54) is 0 Å². The van der Waals surface area contributed by atoms with Crippen molar-refractivity contribution in [1.82, 2.24) is 9.97 Å². The van der Waals surface area contributed by atoms with Crippen molar-refractivity contribution in [1.29, 1.82) is 0 Å². The van der Waals surface area contributed by atoms with Gasteiger partial charge in [-0.2, -0.15) is 0 Å². The summed E-state index contributed by atoms with van der Waals surface area (Å²) < 4.78 is 10.8. The number of para-hydroxylation sites is 1. The van der Waals surface area contributed by atoms with Crippen LogP contribution in [0.3, 0.4) is 0 Å². The van der Waals surface area contributed by atoms with Gasteiger partial charge in [-0.05, 0) is 12.1 Å². The molecule has 0 saturated carbocycles. The number of aromatic nitrogens is 2. The van der Waals surface area contributed by atoms with Crippen LogP contribution < -0.4 is 9.47 Å². The fourth-order valence-electron chi connectivity index (χ4n) is 1.91. The Labute approximate surface area is 99.6 Å². The Kier molecular flexibility index (Phi) is 2.28. The van der Waals surface area contributed by atoms with Crippen molar-refractivity contribution in [2.75, 3.05) is 6.79 Å². The minimum absolute atomic E-state index is 0.289. The van der Waals surface area contributed by atoms with E-state index in [2.05, 4.69) is 23.8 Å². The lowest BCUT2D eigenvalue weighted by Crippen LogP contribution is -1.93. The van der Waals surface area contributed by atoms with E-state index in [9.17, 15) is 0 Å². The number of benzene rings is 1. The van der Waals surface area contributed by atoms with E-state index in [4.69, 9.17) is 9.47 Å². The van der Waals surface area contributed by atoms with E-state index < -0.39 is 0 Å². The molecule has 4 heteroatoms. The molecule has 1 aromatic carbocycles. The van der Waals surface area contributed by atoms with Crippen molar-refractivity contribution < 1.29 is 9.47 Å². The summed E-state index contributed by atoms with van der Waals surface area (Å²) in [7, 11) is 0. The van der Waals surface area contributed by atoms with Crippen LogP contribution in [0.2, 0.25) is 0 Å². The Balaban J connectivity index is 2.06. The van der Waals surface area contributed by atoms with Gasteiger partial charge in [0, 0.05) is 11.5 Å². The van der Waals surface area contributed by atoms with Crippen molar-refractivity contribution in [3.8, 4) is 22.8 Å². The first-order valence-corrected chi connectivity index (χ1v) is 5.69. The summed E-state index contributed by atoms with van der Waals surface area (Å²) in [6.07, 6.45) is 1.84. The fraction of sp³-hybridized carbons (Fsp3) is 0.308. The number of nitrogens with one attached hydrogen (secondary N) is 1. The number of hydrogen-bond acceptors (Lipinski definition) is 3. The first-order valence-electron chi connectivity index (χ1n) is 5.69. The van der Waals surface area contributed by atoms with E-state index >= 15 is 0 Å². The molecule has 0 radical (unpaired) electrons. The summed E-state index contributed by atoms with van der Waals surface area (Å²) in [5.74, 6) is 2.96. The van der Waals surface area contributed by atoms with Gasteiger partial charge in [0.1, 0.15) is 5.82 Å². The molecule has 1 aliphatic rings. The summed E-state index contributed by atoms with van der Waals surface area (Å²) >= 11 is 0. The standard InChI is InChI=1S/C13H14N2O2/c1-8(2)13-14-6-10(15-13)9-4-3-5-11-12(9)17-7-16-11/h3-6,8H,7H2,1-2H3,(H,14,15). The molecule has 0 unspecified atom stereocenters. The SMILES string of the molecule is CC(C)c1ncc(-c2cccc3c2OCO3)[nH]1. The predicted molar refractivity (Wildman–Crippen MR) is 64.2 cm³/mol. The van der Waals surface area contributed by atoms with Crippen LogP contribution in [0.4, 0.5) is 0 Å². The average molecular weight is 230 g/mol. The second kappa shape index (κ2) is 3.80. The molecule has 0 aliphatic carbocycles. The van der Waals surface area contributed by atoms with Crippen molar-refractivity contribution in [3.05, 3.63) is 30.2 Å². The largest absolute Gasteiger partial charge is 0.454 e. The molecule has 2 aromatic rings. The van der Waals surface area contributed by atoms with Crippen LogP contribution in [0.25, 0.3) is 11.3 Å². The van der Waals surface area contributed by atoms with Crippen molar-refractivity contribution in [2.45, 2.75) is 19.8 Å². The summed E-state index contributed by atoms with van der Waals surface area (Å²) in [5, 5.41) is 0. The van der Waals surface area contributed by atoms with E-state index in [1.54, 1.807) is 0 Å². The van der Waals surface area contributed by atoms with Crippen molar-refractivity contribution in [3.63, 3.8) is 0 Å². The number of hydrogen-bond donors (Lipinski definition) is 1. The molecule has 0 fully saturated rings. The monoisotopic (exact) mass is 230 g/mol. The molecule has 1 N–H and O–H groups in total. The maximum Gasteiger partial charge on any atom is 0.231 e. The van der Waals surface area contributed by atoms with Gasteiger partial charge >= 0.3 is 0 Å². The Bertz CT molecular complexity index is 546. The lowest BCUT2D eigenvalue weighted by molar-refractivity contribution is 0.174.